The van der Waals surface area contributed by atoms with Crippen molar-refractivity contribution < 1.29 is 0 Å². The highest BCUT2D eigenvalue weighted by molar-refractivity contribution is 5.74. The molecule has 0 aliphatic heterocycles. The number of nitriles is 1. The molecule has 14 heavy (non-hydrogen) atoms. The predicted molar refractivity (Wildman–Crippen MR) is 59.4 cm³/mol. The van der Waals surface area contributed by atoms with E-state index in [4.69, 9.17) is 5.26 Å². The van der Waals surface area contributed by atoms with E-state index in [0.29, 0.717) is 0 Å². The molecule has 0 saturated carbocycles. The van der Waals surface area contributed by atoms with Crippen LogP contribution in [-0.2, 0) is 0 Å². The highest BCUT2D eigenvalue weighted by Crippen LogP contribution is 2.14. The molecule has 0 amide bonds. The third-order valence-electron chi connectivity index (χ3n) is 1.77. The largest absolute Gasteiger partial charge is 0.193 e. The molecule has 0 heterocycles. The van der Waals surface area contributed by atoms with Crippen LogP contribution in [0.3, 0.4) is 0 Å². The molecule has 0 spiro atoms. The summed E-state index contributed by atoms with van der Waals surface area (Å²) in [5.74, 6) is 0. The molecule has 0 unspecified atom stereocenters. The zero-order chi connectivity index (χ0) is 10.2. The van der Waals surface area contributed by atoms with Crippen molar-refractivity contribution in [2.24, 2.45) is 0 Å². The Labute approximate surface area is 84.3 Å². The average molecular weight is 181 g/mol. The molecule has 1 rings (SSSR count). The Morgan fingerprint density at radius 1 is 1.29 bits per heavy atom. The first-order valence-electron chi connectivity index (χ1n) is 4.33. The molecular weight excluding hydrogens is 170 g/mol. The van der Waals surface area contributed by atoms with Crippen molar-refractivity contribution in [3.8, 4) is 6.07 Å². The molecule has 0 aliphatic carbocycles. The monoisotopic (exact) mass is 181 g/mol. The van der Waals surface area contributed by atoms with E-state index in [9.17, 15) is 0 Å². The molecule has 0 atom stereocenters. The summed E-state index contributed by atoms with van der Waals surface area (Å²) in [6, 6.07) is 11.9. The van der Waals surface area contributed by atoms with Crippen molar-refractivity contribution in [2.45, 2.75) is 0 Å². The number of nitrogens with zero attached hydrogens (tertiary/aromatic N) is 1. The van der Waals surface area contributed by atoms with Crippen molar-refractivity contribution in [2.75, 3.05) is 0 Å². The van der Waals surface area contributed by atoms with Gasteiger partial charge in [0.25, 0.3) is 0 Å². The second-order valence-electron chi connectivity index (χ2n) is 2.68. The Morgan fingerprint density at radius 3 is 2.57 bits per heavy atom. The van der Waals surface area contributed by atoms with Crippen molar-refractivity contribution in [1.29, 1.82) is 5.26 Å². The second kappa shape index (κ2) is 5.55. The van der Waals surface area contributed by atoms with E-state index in [1.54, 1.807) is 12.2 Å². The highest BCUT2D eigenvalue weighted by atomic mass is 14.2. The SMILES string of the molecule is C=C/C(=C\C=C\C#N)c1ccccc1. The Kier molecular flexibility index (Phi) is 3.97. The molecule has 1 heteroatoms. The number of hydrogen-bond donors (Lipinski definition) is 0. The predicted octanol–water partition coefficient (Wildman–Crippen LogP) is 3.34. The lowest BCUT2D eigenvalue weighted by Gasteiger charge is -1.99. The van der Waals surface area contributed by atoms with E-state index < -0.39 is 0 Å². The van der Waals surface area contributed by atoms with Crippen LogP contribution in [0.25, 0.3) is 5.57 Å². The fraction of sp³-hybridized carbons (Fsp3) is 0. The van der Waals surface area contributed by atoms with Gasteiger partial charge in [-0.1, -0.05) is 55.1 Å². The molecule has 0 saturated heterocycles. The van der Waals surface area contributed by atoms with Gasteiger partial charge in [0.15, 0.2) is 0 Å². The molecule has 0 aromatic heterocycles. The molecule has 68 valence electrons. The quantitative estimate of drug-likeness (QED) is 0.518. The minimum atomic E-state index is 1.01. The number of allylic oxidation sites excluding steroid dienone is 5. The molecule has 0 radical (unpaired) electrons. The first-order valence-corrected chi connectivity index (χ1v) is 4.33. The number of benzene rings is 1. The molecular formula is C13H11N. The zero-order valence-electron chi connectivity index (χ0n) is 7.85. The molecule has 0 bridgehead atoms. The van der Waals surface area contributed by atoms with Gasteiger partial charge in [-0.15, -0.1) is 0 Å². The highest BCUT2D eigenvalue weighted by Gasteiger charge is 1.92. The fourth-order valence-electron chi connectivity index (χ4n) is 1.11. The van der Waals surface area contributed by atoms with E-state index in [1.807, 2.05) is 42.5 Å². The lowest BCUT2D eigenvalue weighted by atomic mass is 10.1. The maximum Gasteiger partial charge on any atom is 0.0912 e. The van der Waals surface area contributed by atoms with Crippen LogP contribution in [0.15, 0.2) is 61.2 Å². The van der Waals surface area contributed by atoms with Crippen molar-refractivity contribution in [3.63, 3.8) is 0 Å². The van der Waals surface area contributed by atoms with Crippen LogP contribution in [-0.4, -0.2) is 0 Å². The van der Waals surface area contributed by atoms with Crippen LogP contribution in [0.1, 0.15) is 5.56 Å². The summed E-state index contributed by atoms with van der Waals surface area (Å²) in [6.07, 6.45) is 6.79. The van der Waals surface area contributed by atoms with Gasteiger partial charge in [-0.05, 0) is 11.1 Å². The molecule has 0 aliphatic rings. The Hall–Kier alpha value is -2.07. The average Bonchev–Trinajstić information content (AvgIpc) is 2.26. The minimum absolute atomic E-state index is 1.01. The van der Waals surface area contributed by atoms with Gasteiger partial charge in [0.1, 0.15) is 0 Å². The van der Waals surface area contributed by atoms with Crippen LogP contribution in [0.5, 0.6) is 0 Å². The summed E-state index contributed by atoms with van der Waals surface area (Å²) in [5, 5.41) is 8.33. The first kappa shape index (κ1) is 10.0. The summed E-state index contributed by atoms with van der Waals surface area (Å²) in [7, 11) is 0. The molecule has 0 fully saturated rings. The van der Waals surface area contributed by atoms with Crippen LogP contribution in [0.2, 0.25) is 0 Å². The smallest absolute Gasteiger partial charge is 0.0912 e. The summed E-state index contributed by atoms with van der Waals surface area (Å²) in [6.45, 7) is 3.73. The van der Waals surface area contributed by atoms with E-state index in [-0.39, 0.29) is 0 Å². The van der Waals surface area contributed by atoms with E-state index in [0.717, 1.165) is 11.1 Å². The summed E-state index contributed by atoms with van der Waals surface area (Å²) < 4.78 is 0. The fourth-order valence-corrected chi connectivity index (χ4v) is 1.11. The molecule has 1 aromatic rings. The minimum Gasteiger partial charge on any atom is -0.193 e. The van der Waals surface area contributed by atoms with Crippen molar-refractivity contribution >= 4 is 5.57 Å². The van der Waals surface area contributed by atoms with Crippen LogP contribution < -0.4 is 0 Å². The summed E-state index contributed by atoms with van der Waals surface area (Å²) in [5.41, 5.74) is 2.11. The molecule has 0 N–H and O–H groups in total. The van der Waals surface area contributed by atoms with Gasteiger partial charge in [0, 0.05) is 6.08 Å². The van der Waals surface area contributed by atoms with Gasteiger partial charge in [0.2, 0.25) is 0 Å². The number of hydrogen-bond acceptors (Lipinski definition) is 1. The Morgan fingerprint density at radius 2 is 2.00 bits per heavy atom. The lowest BCUT2D eigenvalue weighted by Crippen LogP contribution is -1.77. The molecule has 1 aromatic carbocycles. The zero-order valence-corrected chi connectivity index (χ0v) is 7.85. The second-order valence-corrected chi connectivity index (χ2v) is 2.68. The van der Waals surface area contributed by atoms with Crippen LogP contribution in [0, 0.1) is 11.3 Å². The van der Waals surface area contributed by atoms with Gasteiger partial charge in [-0.25, -0.2) is 0 Å². The first-order chi connectivity index (χ1) is 6.88. The van der Waals surface area contributed by atoms with Gasteiger partial charge in [-0.2, -0.15) is 5.26 Å². The standard InChI is InChI=1S/C13H11N/c1-2-12(8-6-7-11-14)13-9-4-3-5-10-13/h2-10H,1H2/b7-6+,12-8+. The topological polar surface area (TPSA) is 23.8 Å². The van der Waals surface area contributed by atoms with Crippen LogP contribution >= 0.6 is 0 Å². The lowest BCUT2D eigenvalue weighted by molar-refractivity contribution is 1.53. The van der Waals surface area contributed by atoms with E-state index in [1.165, 1.54) is 6.08 Å². The van der Waals surface area contributed by atoms with Crippen molar-refractivity contribution in [1.82, 2.24) is 0 Å². The maximum absolute atomic E-state index is 8.33. The van der Waals surface area contributed by atoms with Gasteiger partial charge >= 0.3 is 0 Å². The normalized spacial score (nSPS) is 11.2. The van der Waals surface area contributed by atoms with Gasteiger partial charge < -0.3 is 0 Å². The van der Waals surface area contributed by atoms with E-state index in [2.05, 4.69) is 6.58 Å². The summed E-state index contributed by atoms with van der Waals surface area (Å²) in [4.78, 5) is 0. The molecule has 1 nitrogen and oxygen atoms in total. The Balaban J connectivity index is 2.94. The third kappa shape index (κ3) is 2.76. The Bertz CT molecular complexity index is 391. The van der Waals surface area contributed by atoms with Crippen molar-refractivity contribution in [3.05, 3.63) is 66.8 Å². The van der Waals surface area contributed by atoms with E-state index >= 15 is 0 Å². The third-order valence-corrected chi connectivity index (χ3v) is 1.77. The summed E-state index contributed by atoms with van der Waals surface area (Å²) >= 11 is 0. The maximum atomic E-state index is 8.33. The van der Waals surface area contributed by atoms with Gasteiger partial charge in [-0.3, -0.25) is 0 Å². The van der Waals surface area contributed by atoms with Gasteiger partial charge in [0.05, 0.1) is 6.07 Å². The number of rotatable bonds is 3. The van der Waals surface area contributed by atoms with Crippen LogP contribution in [0.4, 0.5) is 0 Å².